The Balaban J connectivity index is 1.95. The molecule has 0 fully saturated rings. The van der Waals surface area contributed by atoms with Crippen LogP contribution >= 0.6 is 11.6 Å². The van der Waals surface area contributed by atoms with Gasteiger partial charge >= 0.3 is 0 Å². The number of primary sulfonamides is 1. The molecule has 0 unspecified atom stereocenters. The summed E-state index contributed by atoms with van der Waals surface area (Å²) in [6.45, 7) is 0. The summed E-state index contributed by atoms with van der Waals surface area (Å²) in [6, 6.07) is 17.6. The first-order valence-electron chi connectivity index (χ1n) is 8.33. The lowest BCUT2D eigenvalue weighted by atomic mass is 10.0. The molecule has 0 aliphatic rings. The molecule has 0 saturated heterocycles. The van der Waals surface area contributed by atoms with Gasteiger partial charge in [0.05, 0.1) is 28.4 Å². The zero-order valence-corrected chi connectivity index (χ0v) is 16.4. The molecular formula is C20H16ClN3O3S. The van der Waals surface area contributed by atoms with Crippen LogP contribution in [0, 0.1) is 0 Å². The van der Waals surface area contributed by atoms with E-state index in [0.29, 0.717) is 10.8 Å². The fraction of sp³-hybridized carbons (Fsp3) is 0.0500. The Morgan fingerprint density at radius 1 is 1.04 bits per heavy atom. The van der Waals surface area contributed by atoms with Gasteiger partial charge in [0.1, 0.15) is 11.4 Å². The van der Waals surface area contributed by atoms with Crippen molar-refractivity contribution in [2.75, 3.05) is 7.11 Å². The van der Waals surface area contributed by atoms with Crippen molar-refractivity contribution >= 4 is 27.3 Å². The Hall–Kier alpha value is -2.87. The molecule has 4 aromatic rings. The molecule has 28 heavy (non-hydrogen) atoms. The number of pyridine rings is 1. The topological polar surface area (TPSA) is 86.7 Å². The second-order valence-corrected chi connectivity index (χ2v) is 8.13. The Morgan fingerprint density at radius 2 is 1.75 bits per heavy atom. The zero-order valence-electron chi connectivity index (χ0n) is 14.8. The standard InChI is InChI=1S/C20H16ClN3O3S/c1-27-17-10-7-14(12-16(17)21)19-20(24-11-3-2-4-18(24)23-19)13-5-8-15(9-6-13)28(22,25)26/h2-12H,1H3,(H2,22,25,26). The summed E-state index contributed by atoms with van der Waals surface area (Å²) in [7, 11) is -2.20. The van der Waals surface area contributed by atoms with E-state index in [1.165, 1.54) is 12.1 Å². The van der Waals surface area contributed by atoms with Crippen LogP contribution in [0.4, 0.5) is 0 Å². The van der Waals surface area contributed by atoms with E-state index < -0.39 is 10.0 Å². The number of sulfonamides is 1. The van der Waals surface area contributed by atoms with Crippen molar-refractivity contribution in [3.63, 3.8) is 0 Å². The largest absolute Gasteiger partial charge is 0.495 e. The maximum atomic E-state index is 11.6. The van der Waals surface area contributed by atoms with Gasteiger partial charge in [-0.25, -0.2) is 18.5 Å². The fourth-order valence-corrected chi connectivity index (χ4v) is 3.86. The molecule has 2 aromatic carbocycles. The first kappa shape index (κ1) is 18.5. The Morgan fingerprint density at radius 3 is 2.39 bits per heavy atom. The number of halogens is 1. The summed E-state index contributed by atoms with van der Waals surface area (Å²) >= 11 is 6.31. The average molecular weight is 414 g/mol. The van der Waals surface area contributed by atoms with Crippen LogP contribution in [0.15, 0.2) is 71.8 Å². The van der Waals surface area contributed by atoms with Gasteiger partial charge < -0.3 is 4.74 Å². The maximum Gasteiger partial charge on any atom is 0.238 e. The third-order valence-corrected chi connectivity index (χ3v) is 5.64. The van der Waals surface area contributed by atoms with E-state index in [-0.39, 0.29) is 4.90 Å². The van der Waals surface area contributed by atoms with E-state index in [1.807, 2.05) is 34.9 Å². The smallest absolute Gasteiger partial charge is 0.238 e. The van der Waals surface area contributed by atoms with Crippen LogP contribution in [0.2, 0.25) is 5.02 Å². The monoisotopic (exact) mass is 413 g/mol. The molecule has 142 valence electrons. The molecular weight excluding hydrogens is 398 g/mol. The van der Waals surface area contributed by atoms with Gasteiger partial charge in [-0.2, -0.15) is 0 Å². The Kier molecular flexibility index (Phi) is 4.58. The molecule has 0 bridgehead atoms. The predicted molar refractivity (Wildman–Crippen MR) is 109 cm³/mol. The molecule has 2 heterocycles. The summed E-state index contributed by atoms with van der Waals surface area (Å²) in [5, 5.41) is 5.69. The number of benzene rings is 2. The molecule has 4 rings (SSSR count). The second kappa shape index (κ2) is 6.94. The Bertz CT molecular complexity index is 1280. The fourth-order valence-electron chi connectivity index (χ4n) is 3.09. The molecule has 0 atom stereocenters. The van der Waals surface area contributed by atoms with Gasteiger partial charge in [-0.05, 0) is 42.5 Å². The summed E-state index contributed by atoms with van der Waals surface area (Å²) in [4.78, 5) is 4.80. The normalized spacial score (nSPS) is 11.7. The van der Waals surface area contributed by atoms with E-state index in [9.17, 15) is 8.42 Å². The van der Waals surface area contributed by atoms with Gasteiger partial charge in [0.2, 0.25) is 10.0 Å². The first-order chi connectivity index (χ1) is 13.4. The highest BCUT2D eigenvalue weighted by molar-refractivity contribution is 7.89. The molecule has 0 aliphatic carbocycles. The number of nitrogens with two attached hydrogens (primary N) is 1. The molecule has 2 N–H and O–H groups in total. The van der Waals surface area contributed by atoms with Crippen LogP contribution in [0.3, 0.4) is 0 Å². The van der Waals surface area contributed by atoms with Crippen LogP contribution in [0.5, 0.6) is 5.75 Å². The van der Waals surface area contributed by atoms with Crippen molar-refractivity contribution < 1.29 is 13.2 Å². The molecule has 6 nitrogen and oxygen atoms in total. The summed E-state index contributed by atoms with van der Waals surface area (Å²) in [5.74, 6) is 0.577. The zero-order chi connectivity index (χ0) is 19.9. The molecule has 0 amide bonds. The van der Waals surface area contributed by atoms with Crippen molar-refractivity contribution in [1.82, 2.24) is 9.38 Å². The average Bonchev–Trinajstić information content (AvgIpc) is 3.07. The second-order valence-electron chi connectivity index (χ2n) is 6.16. The van der Waals surface area contributed by atoms with Crippen molar-refractivity contribution in [3.05, 3.63) is 71.9 Å². The van der Waals surface area contributed by atoms with Crippen LogP contribution in [0.1, 0.15) is 0 Å². The third kappa shape index (κ3) is 3.24. The lowest BCUT2D eigenvalue weighted by molar-refractivity contribution is 0.415. The van der Waals surface area contributed by atoms with Crippen molar-refractivity contribution in [2.45, 2.75) is 4.90 Å². The third-order valence-electron chi connectivity index (χ3n) is 4.41. The number of hydrogen-bond acceptors (Lipinski definition) is 4. The van der Waals surface area contributed by atoms with Gasteiger partial charge in [0.25, 0.3) is 0 Å². The van der Waals surface area contributed by atoms with E-state index in [2.05, 4.69) is 0 Å². The molecule has 2 aromatic heterocycles. The summed E-state index contributed by atoms with van der Waals surface area (Å²) < 4.78 is 30.3. The SMILES string of the molecule is COc1ccc(-c2nc3ccccn3c2-c2ccc(S(N)(=O)=O)cc2)cc1Cl. The number of nitrogens with zero attached hydrogens (tertiary/aromatic N) is 2. The van der Waals surface area contributed by atoms with Crippen LogP contribution in [-0.2, 0) is 10.0 Å². The highest BCUT2D eigenvalue weighted by atomic mass is 35.5. The minimum Gasteiger partial charge on any atom is -0.495 e. The van der Waals surface area contributed by atoms with E-state index in [0.717, 1.165) is 28.2 Å². The summed E-state index contributed by atoms with van der Waals surface area (Å²) in [5.41, 5.74) is 3.92. The van der Waals surface area contributed by atoms with Crippen molar-refractivity contribution in [3.8, 4) is 28.3 Å². The number of aromatic nitrogens is 2. The summed E-state index contributed by atoms with van der Waals surface area (Å²) in [6.07, 6.45) is 1.90. The maximum absolute atomic E-state index is 11.6. The molecule has 0 spiro atoms. The number of fused-ring (bicyclic) bond motifs is 1. The quantitative estimate of drug-likeness (QED) is 0.548. The molecule has 0 aliphatic heterocycles. The number of rotatable bonds is 4. The predicted octanol–water partition coefficient (Wildman–Crippen LogP) is 3.98. The van der Waals surface area contributed by atoms with E-state index >= 15 is 0 Å². The number of imidazole rings is 1. The molecule has 8 heteroatoms. The van der Waals surface area contributed by atoms with Gasteiger partial charge in [0, 0.05) is 17.3 Å². The van der Waals surface area contributed by atoms with Gasteiger partial charge in [-0.1, -0.05) is 29.8 Å². The Labute approximate surface area is 167 Å². The lowest BCUT2D eigenvalue weighted by Gasteiger charge is -2.08. The first-order valence-corrected chi connectivity index (χ1v) is 10.2. The van der Waals surface area contributed by atoms with E-state index in [4.69, 9.17) is 26.5 Å². The van der Waals surface area contributed by atoms with Crippen LogP contribution in [-0.4, -0.2) is 24.9 Å². The minimum absolute atomic E-state index is 0.0547. The van der Waals surface area contributed by atoms with Gasteiger partial charge in [-0.3, -0.25) is 4.40 Å². The van der Waals surface area contributed by atoms with Crippen molar-refractivity contribution in [1.29, 1.82) is 0 Å². The van der Waals surface area contributed by atoms with Crippen LogP contribution < -0.4 is 9.88 Å². The number of hydrogen-bond donors (Lipinski definition) is 1. The van der Waals surface area contributed by atoms with E-state index in [1.54, 1.807) is 31.4 Å². The van der Waals surface area contributed by atoms with Crippen molar-refractivity contribution in [2.24, 2.45) is 5.14 Å². The highest BCUT2D eigenvalue weighted by Gasteiger charge is 2.18. The molecule has 0 saturated carbocycles. The van der Waals surface area contributed by atoms with Gasteiger partial charge in [-0.15, -0.1) is 0 Å². The minimum atomic E-state index is -3.76. The number of ether oxygens (including phenoxy) is 1. The molecule has 0 radical (unpaired) electrons. The van der Waals surface area contributed by atoms with Crippen LogP contribution in [0.25, 0.3) is 28.2 Å². The lowest BCUT2D eigenvalue weighted by Crippen LogP contribution is -2.11. The number of methoxy groups -OCH3 is 1. The highest BCUT2D eigenvalue weighted by Crippen LogP contribution is 2.36. The van der Waals surface area contributed by atoms with Gasteiger partial charge in [0.15, 0.2) is 0 Å².